The largest absolute Gasteiger partial charge is 0.480 e. The molecular weight excluding hydrogens is 264 g/mol. The van der Waals surface area contributed by atoms with Crippen LogP contribution in [0.4, 0.5) is 0 Å². The van der Waals surface area contributed by atoms with Crippen molar-refractivity contribution in [2.75, 3.05) is 33.9 Å². The van der Waals surface area contributed by atoms with Crippen molar-refractivity contribution in [2.24, 2.45) is 4.99 Å². The number of benzene rings is 1. The van der Waals surface area contributed by atoms with Crippen LogP contribution in [0, 0.1) is 6.92 Å². The monoisotopic (exact) mass is 282 g/mol. The summed E-state index contributed by atoms with van der Waals surface area (Å²) in [5.41, 5.74) is 0.937. The Morgan fingerprint density at radius 3 is 2.89 bits per heavy atom. The Bertz CT molecular complexity index is 477. The standard InChI is InChI=1S/C14H19ClN2O2/c1-10-11(15)5-4-6-12(10)19-13(9-18-3)14-16-7-8-17(14)2/h4-6,13H,7-9H2,1-3H3. The SMILES string of the molecule is COCC(Oc1cccc(Cl)c1C)C1=NCCN1C. The van der Waals surface area contributed by atoms with E-state index in [2.05, 4.69) is 9.89 Å². The molecule has 1 aliphatic rings. The molecule has 0 aromatic heterocycles. The molecule has 0 spiro atoms. The van der Waals surface area contributed by atoms with Crippen molar-refractivity contribution in [3.8, 4) is 5.75 Å². The maximum absolute atomic E-state index is 6.11. The van der Waals surface area contributed by atoms with Crippen molar-refractivity contribution in [1.29, 1.82) is 0 Å². The van der Waals surface area contributed by atoms with Crippen molar-refractivity contribution in [3.05, 3.63) is 28.8 Å². The van der Waals surface area contributed by atoms with Crippen LogP contribution in [0.1, 0.15) is 5.56 Å². The molecule has 0 amide bonds. The van der Waals surface area contributed by atoms with Crippen LogP contribution in [0.15, 0.2) is 23.2 Å². The van der Waals surface area contributed by atoms with Gasteiger partial charge in [0.25, 0.3) is 0 Å². The van der Waals surface area contributed by atoms with E-state index in [9.17, 15) is 0 Å². The number of nitrogens with zero attached hydrogens (tertiary/aromatic N) is 2. The lowest BCUT2D eigenvalue weighted by atomic mass is 10.2. The zero-order valence-corrected chi connectivity index (χ0v) is 12.3. The number of methoxy groups -OCH3 is 1. The predicted molar refractivity (Wildman–Crippen MR) is 77.4 cm³/mol. The third kappa shape index (κ3) is 3.19. The van der Waals surface area contributed by atoms with Gasteiger partial charge in [-0.1, -0.05) is 17.7 Å². The Morgan fingerprint density at radius 1 is 1.47 bits per heavy atom. The van der Waals surface area contributed by atoms with Gasteiger partial charge < -0.3 is 14.4 Å². The maximum Gasteiger partial charge on any atom is 0.179 e. The minimum Gasteiger partial charge on any atom is -0.480 e. The summed E-state index contributed by atoms with van der Waals surface area (Å²) < 4.78 is 11.3. The van der Waals surface area contributed by atoms with E-state index >= 15 is 0 Å². The van der Waals surface area contributed by atoms with Gasteiger partial charge in [0.15, 0.2) is 6.10 Å². The highest BCUT2D eigenvalue weighted by Gasteiger charge is 2.25. The highest BCUT2D eigenvalue weighted by Crippen LogP contribution is 2.26. The molecule has 1 aromatic rings. The first-order valence-electron chi connectivity index (χ1n) is 6.29. The third-order valence-corrected chi connectivity index (χ3v) is 3.60. The molecule has 0 aliphatic carbocycles. The first-order valence-corrected chi connectivity index (χ1v) is 6.67. The molecule has 1 unspecified atom stereocenters. The van der Waals surface area contributed by atoms with Crippen LogP contribution in [-0.4, -0.2) is 50.7 Å². The molecule has 4 nitrogen and oxygen atoms in total. The van der Waals surface area contributed by atoms with E-state index in [1.807, 2.05) is 32.2 Å². The van der Waals surface area contributed by atoms with E-state index in [0.717, 1.165) is 30.2 Å². The average Bonchev–Trinajstić information content (AvgIpc) is 2.80. The fourth-order valence-corrected chi connectivity index (χ4v) is 2.24. The number of halogens is 1. The van der Waals surface area contributed by atoms with Gasteiger partial charge in [-0.05, 0) is 19.1 Å². The lowest BCUT2D eigenvalue weighted by Gasteiger charge is -2.24. The second-order valence-corrected chi connectivity index (χ2v) is 4.99. The Hall–Kier alpha value is -1.26. The van der Waals surface area contributed by atoms with Crippen LogP contribution in [0.5, 0.6) is 5.75 Å². The first-order chi connectivity index (χ1) is 9.13. The summed E-state index contributed by atoms with van der Waals surface area (Å²) in [5, 5.41) is 0.704. The number of aliphatic imine (C=N–C) groups is 1. The Morgan fingerprint density at radius 2 is 2.26 bits per heavy atom. The van der Waals surface area contributed by atoms with Crippen LogP contribution in [0.2, 0.25) is 5.02 Å². The number of hydrogen-bond donors (Lipinski definition) is 0. The molecule has 1 aromatic carbocycles. The van der Waals surface area contributed by atoms with Gasteiger partial charge in [-0.25, -0.2) is 0 Å². The van der Waals surface area contributed by atoms with Crippen molar-refractivity contribution < 1.29 is 9.47 Å². The number of amidine groups is 1. The van der Waals surface area contributed by atoms with Gasteiger partial charge in [-0.3, -0.25) is 4.99 Å². The summed E-state index contributed by atoms with van der Waals surface area (Å²) >= 11 is 6.11. The van der Waals surface area contributed by atoms with Crippen molar-refractivity contribution in [2.45, 2.75) is 13.0 Å². The topological polar surface area (TPSA) is 34.1 Å². The summed E-state index contributed by atoms with van der Waals surface area (Å²) in [6.45, 7) is 4.15. The van der Waals surface area contributed by atoms with Crippen LogP contribution in [0.25, 0.3) is 0 Å². The maximum atomic E-state index is 6.11. The lowest BCUT2D eigenvalue weighted by Crippen LogP contribution is -2.40. The molecule has 0 N–H and O–H groups in total. The highest BCUT2D eigenvalue weighted by atomic mass is 35.5. The normalized spacial score (nSPS) is 16.4. The van der Waals surface area contributed by atoms with Gasteiger partial charge >= 0.3 is 0 Å². The second-order valence-electron chi connectivity index (χ2n) is 4.59. The van der Waals surface area contributed by atoms with E-state index in [-0.39, 0.29) is 6.10 Å². The van der Waals surface area contributed by atoms with E-state index in [1.54, 1.807) is 7.11 Å². The van der Waals surface area contributed by atoms with Crippen molar-refractivity contribution in [1.82, 2.24) is 4.90 Å². The fourth-order valence-electron chi connectivity index (χ4n) is 2.08. The van der Waals surface area contributed by atoms with Crippen LogP contribution in [-0.2, 0) is 4.74 Å². The number of hydrogen-bond acceptors (Lipinski definition) is 4. The summed E-state index contributed by atoms with van der Waals surface area (Å²) in [7, 11) is 3.68. The van der Waals surface area contributed by atoms with Gasteiger partial charge in [0, 0.05) is 31.3 Å². The van der Waals surface area contributed by atoms with Crippen molar-refractivity contribution in [3.63, 3.8) is 0 Å². The van der Waals surface area contributed by atoms with Crippen LogP contribution in [0.3, 0.4) is 0 Å². The molecule has 0 saturated heterocycles. The minimum absolute atomic E-state index is 0.199. The van der Waals surface area contributed by atoms with E-state index in [4.69, 9.17) is 21.1 Å². The molecule has 2 rings (SSSR count). The molecule has 0 bridgehead atoms. The van der Waals surface area contributed by atoms with Crippen LogP contribution >= 0.6 is 11.6 Å². The van der Waals surface area contributed by atoms with E-state index < -0.39 is 0 Å². The quantitative estimate of drug-likeness (QED) is 0.832. The second kappa shape index (κ2) is 6.26. The summed E-state index contributed by atoms with van der Waals surface area (Å²) in [4.78, 5) is 6.59. The van der Waals surface area contributed by atoms with E-state index in [0.29, 0.717) is 11.6 Å². The lowest BCUT2D eigenvalue weighted by molar-refractivity contribution is 0.112. The molecule has 104 valence electrons. The first kappa shape index (κ1) is 14.2. The Balaban J connectivity index is 2.19. The summed E-state index contributed by atoms with van der Waals surface area (Å²) in [6.07, 6.45) is -0.199. The minimum atomic E-state index is -0.199. The molecule has 5 heteroatoms. The molecule has 1 atom stereocenters. The molecule has 1 heterocycles. The van der Waals surface area contributed by atoms with Gasteiger partial charge in [0.05, 0.1) is 13.2 Å². The van der Waals surface area contributed by atoms with Crippen LogP contribution < -0.4 is 4.74 Å². The van der Waals surface area contributed by atoms with Gasteiger partial charge in [-0.15, -0.1) is 0 Å². The predicted octanol–water partition coefficient (Wildman–Crippen LogP) is 2.39. The Labute approximate surface area is 119 Å². The average molecular weight is 283 g/mol. The zero-order chi connectivity index (χ0) is 13.8. The molecule has 0 radical (unpaired) electrons. The summed E-state index contributed by atoms with van der Waals surface area (Å²) in [6, 6.07) is 5.66. The molecule has 0 saturated carbocycles. The number of rotatable bonds is 5. The van der Waals surface area contributed by atoms with Gasteiger partial charge in [0.2, 0.25) is 0 Å². The summed E-state index contributed by atoms with van der Waals surface area (Å²) in [5.74, 6) is 1.71. The van der Waals surface area contributed by atoms with Crippen molar-refractivity contribution >= 4 is 17.4 Å². The fraction of sp³-hybridized carbons (Fsp3) is 0.500. The number of ether oxygens (including phenoxy) is 2. The van der Waals surface area contributed by atoms with E-state index in [1.165, 1.54) is 0 Å². The van der Waals surface area contributed by atoms with Gasteiger partial charge in [-0.2, -0.15) is 0 Å². The molecule has 0 fully saturated rings. The smallest absolute Gasteiger partial charge is 0.179 e. The number of likely N-dealkylation sites (N-methyl/N-ethyl adjacent to an activating group) is 1. The highest BCUT2D eigenvalue weighted by molar-refractivity contribution is 6.31. The molecule has 1 aliphatic heterocycles. The third-order valence-electron chi connectivity index (χ3n) is 3.19. The molecular formula is C14H19ClN2O2. The molecule has 19 heavy (non-hydrogen) atoms. The Kier molecular flexibility index (Phi) is 4.66. The van der Waals surface area contributed by atoms with Gasteiger partial charge in [0.1, 0.15) is 11.6 Å². The zero-order valence-electron chi connectivity index (χ0n) is 11.5.